The average molecular weight is 494 g/mol. The standard InChI is InChI=1S/C30H33N5.C2H6/c1-2-11-29(32-19-22-12-5-3-6-13-22)34-27(18-24-20-31-26-17-10-9-16-25(24)26)30-33-21-28(35-30)23-14-7-4-8-15-23;1-2/h3-5,7-12,14-17,20-21,27,31-32,34H,2,6,13,18-19H2,1H3,(H,33,35);1-2H3/b29-11+;/t27-;/m1./s1. The van der Waals surface area contributed by atoms with Gasteiger partial charge in [-0.3, -0.25) is 0 Å². The first-order valence-electron chi connectivity index (χ1n) is 13.5. The van der Waals surface area contributed by atoms with Gasteiger partial charge in [0, 0.05) is 30.1 Å². The summed E-state index contributed by atoms with van der Waals surface area (Å²) < 4.78 is 0. The highest BCUT2D eigenvalue weighted by Crippen LogP contribution is 2.26. The maximum absolute atomic E-state index is 4.81. The number of fused-ring (bicyclic) bond motifs is 1. The smallest absolute Gasteiger partial charge is 0.129 e. The Bertz CT molecular complexity index is 1340. The Morgan fingerprint density at radius 1 is 1.08 bits per heavy atom. The molecule has 0 unspecified atom stereocenters. The summed E-state index contributed by atoms with van der Waals surface area (Å²) in [5, 5.41) is 8.67. The fourth-order valence-electron chi connectivity index (χ4n) is 4.60. The number of nitrogens with zero attached hydrogens (tertiary/aromatic N) is 1. The van der Waals surface area contributed by atoms with Gasteiger partial charge in [0.2, 0.25) is 0 Å². The summed E-state index contributed by atoms with van der Waals surface area (Å²) in [6.45, 7) is 7.01. The minimum Gasteiger partial charge on any atom is -0.368 e. The van der Waals surface area contributed by atoms with E-state index in [1.54, 1.807) is 0 Å². The normalized spacial score (nSPS) is 14.0. The third-order valence-corrected chi connectivity index (χ3v) is 6.45. The summed E-state index contributed by atoms with van der Waals surface area (Å²) in [7, 11) is 0. The van der Waals surface area contributed by atoms with Gasteiger partial charge in [-0.05, 0) is 42.5 Å². The summed E-state index contributed by atoms with van der Waals surface area (Å²) >= 11 is 0. The predicted molar refractivity (Wildman–Crippen MR) is 156 cm³/mol. The van der Waals surface area contributed by atoms with Gasteiger partial charge in [-0.15, -0.1) is 0 Å². The van der Waals surface area contributed by atoms with Crippen molar-refractivity contribution in [2.24, 2.45) is 0 Å². The summed E-state index contributed by atoms with van der Waals surface area (Å²) in [6, 6.07) is 18.8. The van der Waals surface area contributed by atoms with Crippen molar-refractivity contribution in [2.45, 2.75) is 52.5 Å². The van der Waals surface area contributed by atoms with E-state index in [4.69, 9.17) is 4.98 Å². The molecule has 1 aliphatic rings. The van der Waals surface area contributed by atoms with Crippen molar-refractivity contribution in [1.29, 1.82) is 0 Å². The second-order valence-electron chi connectivity index (χ2n) is 8.98. The summed E-state index contributed by atoms with van der Waals surface area (Å²) in [5.41, 5.74) is 6.02. The molecule has 5 heteroatoms. The average Bonchev–Trinajstić information content (AvgIpc) is 3.62. The topological polar surface area (TPSA) is 68.5 Å². The summed E-state index contributed by atoms with van der Waals surface area (Å²) in [6.07, 6.45) is 16.9. The molecule has 5 rings (SSSR count). The molecule has 0 spiro atoms. The highest BCUT2D eigenvalue weighted by atomic mass is 15.1. The molecular weight excluding hydrogens is 454 g/mol. The number of benzene rings is 2. The molecule has 0 fully saturated rings. The zero-order valence-electron chi connectivity index (χ0n) is 22.2. The van der Waals surface area contributed by atoms with Gasteiger partial charge in [0.1, 0.15) is 5.82 Å². The first kappa shape index (κ1) is 26.1. The van der Waals surface area contributed by atoms with Gasteiger partial charge in [-0.2, -0.15) is 0 Å². The fourth-order valence-corrected chi connectivity index (χ4v) is 4.60. The maximum Gasteiger partial charge on any atom is 0.129 e. The van der Waals surface area contributed by atoms with Crippen LogP contribution in [-0.4, -0.2) is 21.5 Å². The van der Waals surface area contributed by atoms with Crippen LogP contribution < -0.4 is 10.6 Å². The molecule has 0 radical (unpaired) electrons. The number of hydrogen-bond donors (Lipinski definition) is 4. The molecule has 1 aliphatic carbocycles. The number of aromatic nitrogens is 3. The van der Waals surface area contributed by atoms with E-state index in [9.17, 15) is 0 Å². The quantitative estimate of drug-likeness (QED) is 0.184. The summed E-state index contributed by atoms with van der Waals surface area (Å²) in [5.74, 6) is 1.98. The molecule has 0 amide bonds. The van der Waals surface area contributed by atoms with Gasteiger partial charge in [-0.25, -0.2) is 4.98 Å². The van der Waals surface area contributed by atoms with Crippen molar-refractivity contribution in [1.82, 2.24) is 25.6 Å². The molecule has 0 saturated heterocycles. The molecule has 4 N–H and O–H groups in total. The number of nitrogens with one attached hydrogen (secondary N) is 4. The molecule has 0 saturated carbocycles. The van der Waals surface area contributed by atoms with E-state index in [1.807, 2.05) is 26.1 Å². The van der Waals surface area contributed by atoms with Gasteiger partial charge in [0.15, 0.2) is 0 Å². The van der Waals surface area contributed by atoms with Crippen LogP contribution in [0.5, 0.6) is 0 Å². The van der Waals surface area contributed by atoms with Gasteiger partial charge in [-0.1, -0.05) is 93.1 Å². The van der Waals surface area contributed by atoms with E-state index >= 15 is 0 Å². The van der Waals surface area contributed by atoms with Gasteiger partial charge >= 0.3 is 0 Å². The molecule has 2 aromatic heterocycles. The molecule has 5 nitrogen and oxygen atoms in total. The van der Waals surface area contributed by atoms with E-state index in [1.165, 1.54) is 16.5 Å². The van der Waals surface area contributed by atoms with Crippen LogP contribution in [0, 0.1) is 0 Å². The highest BCUT2D eigenvalue weighted by molar-refractivity contribution is 5.83. The van der Waals surface area contributed by atoms with Crippen molar-refractivity contribution in [2.75, 3.05) is 6.54 Å². The van der Waals surface area contributed by atoms with Gasteiger partial charge in [0.05, 0.1) is 23.8 Å². The van der Waals surface area contributed by atoms with E-state index in [2.05, 4.69) is 107 Å². The molecule has 4 aromatic rings. The largest absolute Gasteiger partial charge is 0.368 e. The van der Waals surface area contributed by atoms with Crippen LogP contribution >= 0.6 is 0 Å². The first-order valence-corrected chi connectivity index (χ1v) is 13.5. The third-order valence-electron chi connectivity index (χ3n) is 6.45. The minimum absolute atomic E-state index is 0.0165. The van der Waals surface area contributed by atoms with Crippen LogP contribution in [0.15, 0.2) is 103 Å². The Morgan fingerprint density at radius 2 is 1.89 bits per heavy atom. The lowest BCUT2D eigenvalue weighted by Gasteiger charge is -2.22. The molecule has 2 aromatic carbocycles. The zero-order valence-corrected chi connectivity index (χ0v) is 22.2. The van der Waals surface area contributed by atoms with Crippen LogP contribution in [0.3, 0.4) is 0 Å². The Balaban J connectivity index is 0.00000156. The molecule has 1 atom stereocenters. The lowest BCUT2D eigenvalue weighted by Crippen LogP contribution is -2.32. The van der Waals surface area contributed by atoms with Crippen LogP contribution in [0.4, 0.5) is 0 Å². The van der Waals surface area contributed by atoms with Crippen molar-refractivity contribution in [3.05, 3.63) is 114 Å². The monoisotopic (exact) mass is 493 g/mol. The number of aromatic amines is 2. The van der Waals surface area contributed by atoms with Crippen molar-refractivity contribution in [3.8, 4) is 11.3 Å². The zero-order chi connectivity index (χ0) is 25.9. The SMILES string of the molecule is CC.CC/C=C(\NCC1=CC=CCC1)N[C@H](Cc1c[nH]c2ccccc12)c1ncc(-c2ccccc2)[nH]1. The number of rotatable bonds is 10. The van der Waals surface area contributed by atoms with E-state index < -0.39 is 0 Å². The van der Waals surface area contributed by atoms with Gasteiger partial charge in [0.25, 0.3) is 0 Å². The van der Waals surface area contributed by atoms with Crippen LogP contribution in [0.25, 0.3) is 22.2 Å². The molecule has 2 heterocycles. The molecule has 192 valence electrons. The van der Waals surface area contributed by atoms with Crippen LogP contribution in [0.2, 0.25) is 0 Å². The predicted octanol–water partition coefficient (Wildman–Crippen LogP) is 7.58. The molecule has 0 bridgehead atoms. The van der Waals surface area contributed by atoms with E-state index in [-0.39, 0.29) is 6.04 Å². The van der Waals surface area contributed by atoms with Crippen LogP contribution in [0.1, 0.15) is 57.5 Å². The van der Waals surface area contributed by atoms with Crippen LogP contribution in [-0.2, 0) is 6.42 Å². The Hall–Kier alpha value is -3.99. The Morgan fingerprint density at radius 3 is 2.68 bits per heavy atom. The lowest BCUT2D eigenvalue weighted by atomic mass is 10.0. The van der Waals surface area contributed by atoms with Crippen molar-refractivity contribution < 1.29 is 0 Å². The van der Waals surface area contributed by atoms with Crippen molar-refractivity contribution in [3.63, 3.8) is 0 Å². The second kappa shape index (κ2) is 13.4. The molecule has 0 aliphatic heterocycles. The Labute approximate surface area is 220 Å². The Kier molecular flexibility index (Phi) is 9.41. The molecule has 37 heavy (non-hydrogen) atoms. The minimum atomic E-state index is -0.0165. The number of para-hydroxylation sites is 1. The second-order valence-corrected chi connectivity index (χ2v) is 8.98. The first-order chi connectivity index (χ1) is 18.3. The third kappa shape index (κ3) is 6.82. The number of allylic oxidation sites excluding steroid dienone is 4. The van der Waals surface area contributed by atoms with Gasteiger partial charge < -0.3 is 20.6 Å². The highest BCUT2D eigenvalue weighted by Gasteiger charge is 2.19. The van der Waals surface area contributed by atoms with E-state index in [0.29, 0.717) is 0 Å². The van der Waals surface area contributed by atoms with Crippen molar-refractivity contribution >= 4 is 10.9 Å². The number of H-pyrrole nitrogens is 2. The number of imidazole rings is 1. The van der Waals surface area contributed by atoms with E-state index in [0.717, 1.165) is 60.6 Å². The maximum atomic E-state index is 4.81. The number of hydrogen-bond acceptors (Lipinski definition) is 3. The summed E-state index contributed by atoms with van der Waals surface area (Å²) in [4.78, 5) is 11.8. The lowest BCUT2D eigenvalue weighted by molar-refractivity contribution is 0.537. The fraction of sp³-hybridized carbons (Fsp3) is 0.281. The molecular formula is C32H39N5.